The normalized spacial score (nSPS) is 14.3. The summed E-state index contributed by atoms with van der Waals surface area (Å²) in [5.74, 6) is -0.611. The zero-order chi connectivity index (χ0) is 11.6. The molecule has 0 spiro atoms. The average molecular weight is 217 g/mol. The monoisotopic (exact) mass is 217 g/mol. The van der Waals surface area contributed by atoms with Crippen LogP contribution in [0.3, 0.4) is 0 Å². The van der Waals surface area contributed by atoms with Crippen molar-refractivity contribution in [2.24, 2.45) is 0 Å². The lowest BCUT2D eigenvalue weighted by Gasteiger charge is -2.21. The number of imidazole rings is 1. The van der Waals surface area contributed by atoms with E-state index in [0.29, 0.717) is 11.5 Å². The standard InChI is InChI=1S/C11H11N3O2/c1-11(10(15)16,9-13-6-7-14-9)8-4-2-3-5-12-8/h2-7H,1H3,(H,13,14)(H,15,16). The summed E-state index contributed by atoms with van der Waals surface area (Å²) in [6, 6.07) is 5.18. The van der Waals surface area contributed by atoms with Gasteiger partial charge in [0.1, 0.15) is 5.82 Å². The number of aliphatic carboxylic acids is 1. The van der Waals surface area contributed by atoms with Gasteiger partial charge in [0.15, 0.2) is 5.41 Å². The molecule has 5 nitrogen and oxygen atoms in total. The number of rotatable bonds is 3. The number of aromatic nitrogens is 3. The Bertz CT molecular complexity index is 481. The number of carbonyl (C=O) groups is 1. The molecule has 2 aromatic rings. The van der Waals surface area contributed by atoms with Crippen molar-refractivity contribution in [3.05, 3.63) is 48.3 Å². The first-order valence-corrected chi connectivity index (χ1v) is 4.80. The SMILES string of the molecule is CC(C(=O)O)(c1ccccn1)c1ncc[nH]1. The lowest BCUT2D eigenvalue weighted by molar-refractivity contribution is -0.141. The molecule has 0 radical (unpaired) electrons. The van der Waals surface area contributed by atoms with Gasteiger partial charge in [0.2, 0.25) is 0 Å². The topological polar surface area (TPSA) is 78.9 Å². The third-order valence-corrected chi connectivity index (χ3v) is 2.58. The molecule has 16 heavy (non-hydrogen) atoms. The van der Waals surface area contributed by atoms with Crippen LogP contribution in [0.25, 0.3) is 0 Å². The van der Waals surface area contributed by atoms with Gasteiger partial charge in [-0.25, -0.2) is 4.98 Å². The molecule has 1 atom stereocenters. The third kappa shape index (κ3) is 1.46. The van der Waals surface area contributed by atoms with E-state index in [-0.39, 0.29) is 0 Å². The summed E-state index contributed by atoms with van der Waals surface area (Å²) in [6.07, 6.45) is 4.69. The maximum atomic E-state index is 11.4. The summed E-state index contributed by atoms with van der Waals surface area (Å²) in [5.41, 5.74) is -0.789. The van der Waals surface area contributed by atoms with Crippen molar-refractivity contribution in [1.82, 2.24) is 15.0 Å². The van der Waals surface area contributed by atoms with Crippen LogP contribution in [0.2, 0.25) is 0 Å². The number of hydrogen-bond acceptors (Lipinski definition) is 3. The van der Waals surface area contributed by atoms with Gasteiger partial charge in [0.05, 0.1) is 5.69 Å². The minimum absolute atomic E-state index is 0.374. The Morgan fingerprint density at radius 3 is 2.69 bits per heavy atom. The van der Waals surface area contributed by atoms with E-state index in [1.165, 1.54) is 6.20 Å². The third-order valence-electron chi connectivity index (χ3n) is 2.58. The van der Waals surface area contributed by atoms with Gasteiger partial charge in [0.25, 0.3) is 0 Å². The van der Waals surface area contributed by atoms with Crippen LogP contribution < -0.4 is 0 Å². The fourth-order valence-electron chi connectivity index (χ4n) is 1.53. The zero-order valence-electron chi connectivity index (χ0n) is 8.71. The van der Waals surface area contributed by atoms with Crippen molar-refractivity contribution < 1.29 is 9.90 Å². The second-order valence-corrected chi connectivity index (χ2v) is 3.58. The quantitative estimate of drug-likeness (QED) is 0.809. The molecule has 2 rings (SSSR count). The van der Waals surface area contributed by atoms with E-state index in [0.717, 1.165) is 0 Å². The largest absolute Gasteiger partial charge is 0.480 e. The van der Waals surface area contributed by atoms with E-state index in [1.807, 2.05) is 0 Å². The van der Waals surface area contributed by atoms with Crippen LogP contribution in [0.4, 0.5) is 0 Å². The molecule has 0 saturated heterocycles. The Balaban J connectivity index is 2.58. The lowest BCUT2D eigenvalue weighted by atomic mass is 9.85. The first-order chi connectivity index (χ1) is 7.65. The number of pyridine rings is 1. The predicted octanol–water partition coefficient (Wildman–Crippen LogP) is 1.20. The van der Waals surface area contributed by atoms with E-state index in [4.69, 9.17) is 0 Å². The molecule has 5 heteroatoms. The molecule has 2 N–H and O–H groups in total. The van der Waals surface area contributed by atoms with Gasteiger partial charge in [-0.15, -0.1) is 0 Å². The van der Waals surface area contributed by atoms with Gasteiger partial charge in [0, 0.05) is 18.6 Å². The summed E-state index contributed by atoms with van der Waals surface area (Å²) in [7, 11) is 0. The molecule has 0 aromatic carbocycles. The van der Waals surface area contributed by atoms with E-state index < -0.39 is 11.4 Å². The predicted molar refractivity (Wildman–Crippen MR) is 56.9 cm³/mol. The molecule has 2 aromatic heterocycles. The lowest BCUT2D eigenvalue weighted by Crippen LogP contribution is -2.35. The number of H-pyrrole nitrogens is 1. The minimum atomic E-state index is -1.25. The van der Waals surface area contributed by atoms with Crippen molar-refractivity contribution in [1.29, 1.82) is 0 Å². The number of carboxylic acid groups (broad SMARTS) is 1. The molecule has 0 amide bonds. The first kappa shape index (κ1) is 10.4. The van der Waals surface area contributed by atoms with Crippen molar-refractivity contribution >= 4 is 5.97 Å². The highest BCUT2D eigenvalue weighted by Crippen LogP contribution is 2.27. The van der Waals surface area contributed by atoms with Crippen LogP contribution in [-0.2, 0) is 10.2 Å². The Labute approximate surface area is 92.2 Å². The first-order valence-electron chi connectivity index (χ1n) is 4.80. The van der Waals surface area contributed by atoms with Gasteiger partial charge in [-0.1, -0.05) is 6.07 Å². The molecule has 0 bridgehead atoms. The van der Waals surface area contributed by atoms with Crippen molar-refractivity contribution in [3.8, 4) is 0 Å². The summed E-state index contributed by atoms with van der Waals surface area (Å²) < 4.78 is 0. The second-order valence-electron chi connectivity index (χ2n) is 3.58. The van der Waals surface area contributed by atoms with Gasteiger partial charge in [-0.3, -0.25) is 9.78 Å². The highest BCUT2D eigenvalue weighted by molar-refractivity contribution is 5.83. The van der Waals surface area contributed by atoms with Crippen LogP contribution in [0.1, 0.15) is 18.4 Å². The van der Waals surface area contributed by atoms with E-state index >= 15 is 0 Å². The van der Waals surface area contributed by atoms with Gasteiger partial charge in [-0.05, 0) is 19.1 Å². The Hall–Kier alpha value is -2.17. The maximum absolute atomic E-state index is 11.4. The van der Waals surface area contributed by atoms with Crippen LogP contribution in [-0.4, -0.2) is 26.0 Å². The van der Waals surface area contributed by atoms with Gasteiger partial charge >= 0.3 is 5.97 Å². The summed E-state index contributed by atoms with van der Waals surface area (Å²) in [6.45, 7) is 1.58. The van der Waals surface area contributed by atoms with E-state index in [1.54, 1.807) is 37.5 Å². The maximum Gasteiger partial charge on any atom is 0.323 e. The van der Waals surface area contributed by atoms with Crippen molar-refractivity contribution in [2.45, 2.75) is 12.3 Å². The van der Waals surface area contributed by atoms with Crippen molar-refractivity contribution in [2.75, 3.05) is 0 Å². The van der Waals surface area contributed by atoms with Crippen LogP contribution in [0, 0.1) is 0 Å². The molecule has 1 unspecified atom stereocenters. The van der Waals surface area contributed by atoms with Crippen LogP contribution in [0.15, 0.2) is 36.8 Å². The zero-order valence-corrected chi connectivity index (χ0v) is 8.71. The smallest absolute Gasteiger partial charge is 0.323 e. The Morgan fingerprint density at radius 1 is 1.38 bits per heavy atom. The molecule has 2 heterocycles. The Morgan fingerprint density at radius 2 is 2.19 bits per heavy atom. The molecular formula is C11H11N3O2. The molecular weight excluding hydrogens is 206 g/mol. The summed E-state index contributed by atoms with van der Waals surface area (Å²) >= 11 is 0. The Kier molecular flexibility index (Phi) is 2.44. The highest BCUT2D eigenvalue weighted by atomic mass is 16.4. The van der Waals surface area contributed by atoms with E-state index in [2.05, 4.69) is 15.0 Å². The number of hydrogen-bond donors (Lipinski definition) is 2. The van der Waals surface area contributed by atoms with Gasteiger partial charge in [-0.2, -0.15) is 0 Å². The fourth-order valence-corrected chi connectivity index (χ4v) is 1.53. The van der Waals surface area contributed by atoms with Crippen LogP contribution >= 0.6 is 0 Å². The number of nitrogens with zero attached hydrogens (tertiary/aromatic N) is 2. The molecule has 0 aliphatic heterocycles. The van der Waals surface area contributed by atoms with Crippen molar-refractivity contribution in [3.63, 3.8) is 0 Å². The molecule has 0 aliphatic carbocycles. The summed E-state index contributed by atoms with van der Waals surface area (Å²) in [4.78, 5) is 22.3. The van der Waals surface area contributed by atoms with Gasteiger partial charge < -0.3 is 10.1 Å². The number of nitrogens with one attached hydrogen (secondary N) is 1. The molecule has 0 aliphatic rings. The van der Waals surface area contributed by atoms with E-state index in [9.17, 15) is 9.90 Å². The molecule has 0 fully saturated rings. The van der Waals surface area contributed by atoms with Crippen LogP contribution in [0.5, 0.6) is 0 Å². The molecule has 82 valence electrons. The summed E-state index contributed by atoms with van der Waals surface area (Å²) in [5, 5.41) is 9.36. The molecule has 0 saturated carbocycles. The number of aromatic amines is 1. The second kappa shape index (κ2) is 3.77. The number of carboxylic acids is 1. The minimum Gasteiger partial charge on any atom is -0.480 e. The highest BCUT2D eigenvalue weighted by Gasteiger charge is 2.41. The average Bonchev–Trinajstić information content (AvgIpc) is 2.82. The fraction of sp³-hybridized carbons (Fsp3) is 0.182.